The molecule has 92 valence electrons. The van der Waals surface area contributed by atoms with Crippen LogP contribution in [0.3, 0.4) is 0 Å². The van der Waals surface area contributed by atoms with E-state index in [1.54, 1.807) is 29.8 Å². The topological polar surface area (TPSA) is 54.9 Å². The van der Waals surface area contributed by atoms with Gasteiger partial charge in [0, 0.05) is 17.3 Å². The van der Waals surface area contributed by atoms with E-state index in [2.05, 4.69) is 15.3 Å². The fraction of sp³-hybridized carbons (Fsp3) is 0.308. The fourth-order valence-corrected chi connectivity index (χ4v) is 3.28. The van der Waals surface area contributed by atoms with E-state index < -0.39 is 0 Å². The van der Waals surface area contributed by atoms with Crippen molar-refractivity contribution >= 4 is 17.2 Å². The number of fused-ring (bicyclic) bond motifs is 1. The van der Waals surface area contributed by atoms with E-state index in [1.165, 1.54) is 16.9 Å². The molecule has 3 rings (SSSR count). The molecule has 0 bridgehead atoms. The Labute approximate surface area is 109 Å². The first-order valence-electron chi connectivity index (χ1n) is 5.98. The normalized spacial score (nSPS) is 13.3. The molecule has 4 nitrogen and oxygen atoms in total. The monoisotopic (exact) mass is 259 g/mol. The molecule has 1 N–H and O–H groups in total. The minimum Gasteiger partial charge on any atom is -0.344 e. The van der Waals surface area contributed by atoms with E-state index in [-0.39, 0.29) is 5.91 Å². The Kier molecular flexibility index (Phi) is 3.06. The molecule has 0 saturated heterocycles. The first-order valence-corrected chi connectivity index (χ1v) is 6.80. The predicted molar refractivity (Wildman–Crippen MR) is 69.5 cm³/mol. The van der Waals surface area contributed by atoms with Crippen molar-refractivity contribution in [2.24, 2.45) is 0 Å². The van der Waals surface area contributed by atoms with Crippen LogP contribution in [-0.2, 0) is 19.4 Å². The SMILES string of the molecule is O=C(NCc1ncccn1)c1cc2c(s1)CCC2. The van der Waals surface area contributed by atoms with Crippen molar-refractivity contribution in [2.75, 3.05) is 0 Å². The number of hydrogen-bond donors (Lipinski definition) is 1. The molecule has 2 aromatic rings. The summed E-state index contributed by atoms with van der Waals surface area (Å²) in [6.07, 6.45) is 6.80. The van der Waals surface area contributed by atoms with E-state index in [0.29, 0.717) is 12.4 Å². The Hall–Kier alpha value is -1.75. The maximum atomic E-state index is 12.0. The molecule has 0 spiro atoms. The van der Waals surface area contributed by atoms with Gasteiger partial charge in [-0.2, -0.15) is 0 Å². The Morgan fingerprint density at radius 3 is 2.94 bits per heavy atom. The van der Waals surface area contributed by atoms with Crippen LogP contribution in [0.15, 0.2) is 24.5 Å². The van der Waals surface area contributed by atoms with Crippen LogP contribution in [0.2, 0.25) is 0 Å². The van der Waals surface area contributed by atoms with Crippen molar-refractivity contribution < 1.29 is 4.79 Å². The summed E-state index contributed by atoms with van der Waals surface area (Å²) in [5.41, 5.74) is 1.35. The standard InChI is InChI=1S/C13H13N3OS/c17-13(16-8-12-14-5-2-6-15-12)11-7-9-3-1-4-10(9)18-11/h2,5-7H,1,3-4,8H2,(H,16,17). The average Bonchev–Trinajstić information content (AvgIpc) is 2.98. The van der Waals surface area contributed by atoms with E-state index in [1.807, 2.05) is 6.07 Å². The van der Waals surface area contributed by atoms with Gasteiger partial charge in [-0.05, 0) is 37.0 Å². The summed E-state index contributed by atoms with van der Waals surface area (Å²) in [7, 11) is 0. The number of thiophene rings is 1. The zero-order valence-electron chi connectivity index (χ0n) is 9.85. The molecule has 0 aliphatic heterocycles. The van der Waals surface area contributed by atoms with Crippen molar-refractivity contribution in [3.05, 3.63) is 45.7 Å². The largest absolute Gasteiger partial charge is 0.344 e. The molecule has 0 atom stereocenters. The summed E-state index contributed by atoms with van der Waals surface area (Å²) < 4.78 is 0. The van der Waals surface area contributed by atoms with Crippen LogP contribution >= 0.6 is 11.3 Å². The lowest BCUT2D eigenvalue weighted by molar-refractivity contribution is 0.0954. The third-order valence-electron chi connectivity index (χ3n) is 3.00. The van der Waals surface area contributed by atoms with E-state index >= 15 is 0 Å². The minimum absolute atomic E-state index is 0.0261. The van der Waals surface area contributed by atoms with Gasteiger partial charge in [0.2, 0.25) is 0 Å². The highest BCUT2D eigenvalue weighted by Crippen LogP contribution is 2.30. The van der Waals surface area contributed by atoms with E-state index in [9.17, 15) is 4.79 Å². The molecule has 0 saturated carbocycles. The molecule has 5 heteroatoms. The molecule has 0 fully saturated rings. The number of aryl methyl sites for hydroxylation is 2. The number of carbonyl (C=O) groups is 1. The minimum atomic E-state index is -0.0261. The summed E-state index contributed by atoms with van der Waals surface area (Å²) >= 11 is 1.61. The highest BCUT2D eigenvalue weighted by atomic mass is 32.1. The number of amides is 1. The number of aromatic nitrogens is 2. The fourth-order valence-electron chi connectivity index (χ4n) is 2.11. The van der Waals surface area contributed by atoms with Gasteiger partial charge in [0.25, 0.3) is 5.91 Å². The van der Waals surface area contributed by atoms with Gasteiger partial charge in [0.05, 0.1) is 11.4 Å². The molecule has 18 heavy (non-hydrogen) atoms. The Morgan fingerprint density at radius 2 is 2.17 bits per heavy atom. The second-order valence-corrected chi connectivity index (χ2v) is 5.40. The number of nitrogens with one attached hydrogen (secondary N) is 1. The number of nitrogens with zero attached hydrogens (tertiary/aromatic N) is 2. The van der Waals surface area contributed by atoms with Crippen LogP contribution in [0.25, 0.3) is 0 Å². The van der Waals surface area contributed by atoms with Gasteiger partial charge < -0.3 is 5.32 Å². The maximum absolute atomic E-state index is 12.0. The van der Waals surface area contributed by atoms with Crippen molar-refractivity contribution in [1.29, 1.82) is 0 Å². The second kappa shape index (κ2) is 4.86. The van der Waals surface area contributed by atoms with Crippen LogP contribution < -0.4 is 5.32 Å². The lowest BCUT2D eigenvalue weighted by atomic mass is 10.2. The van der Waals surface area contributed by atoms with Crippen LogP contribution in [0, 0.1) is 0 Å². The quantitative estimate of drug-likeness (QED) is 0.916. The third-order valence-corrected chi connectivity index (χ3v) is 4.23. The molecule has 1 aliphatic rings. The summed E-state index contributed by atoms with van der Waals surface area (Å²) in [6.45, 7) is 0.377. The van der Waals surface area contributed by atoms with Gasteiger partial charge in [-0.3, -0.25) is 4.79 Å². The molecule has 0 unspecified atom stereocenters. The van der Waals surface area contributed by atoms with Crippen LogP contribution in [0.1, 0.15) is 32.4 Å². The van der Waals surface area contributed by atoms with Crippen molar-refractivity contribution in [3.63, 3.8) is 0 Å². The van der Waals surface area contributed by atoms with Gasteiger partial charge in [-0.15, -0.1) is 11.3 Å². The highest BCUT2D eigenvalue weighted by molar-refractivity contribution is 7.14. The van der Waals surface area contributed by atoms with Gasteiger partial charge >= 0.3 is 0 Å². The number of hydrogen-bond acceptors (Lipinski definition) is 4. The summed E-state index contributed by atoms with van der Waals surface area (Å²) in [5.74, 6) is 0.608. The smallest absolute Gasteiger partial charge is 0.261 e. The molecule has 0 aromatic carbocycles. The Bertz CT molecular complexity index is 543. The van der Waals surface area contributed by atoms with Gasteiger partial charge in [-0.25, -0.2) is 9.97 Å². The van der Waals surface area contributed by atoms with Gasteiger partial charge in [0.15, 0.2) is 0 Å². The van der Waals surface area contributed by atoms with Gasteiger partial charge in [0.1, 0.15) is 5.82 Å². The Morgan fingerprint density at radius 1 is 1.33 bits per heavy atom. The Balaban J connectivity index is 1.64. The van der Waals surface area contributed by atoms with E-state index in [4.69, 9.17) is 0 Å². The summed E-state index contributed by atoms with van der Waals surface area (Å²) in [4.78, 5) is 22.3. The molecular formula is C13H13N3OS. The zero-order valence-corrected chi connectivity index (χ0v) is 10.7. The van der Waals surface area contributed by atoms with Gasteiger partial charge in [-0.1, -0.05) is 0 Å². The molecule has 2 aromatic heterocycles. The third kappa shape index (κ3) is 2.26. The second-order valence-electron chi connectivity index (χ2n) is 4.26. The molecule has 1 amide bonds. The number of rotatable bonds is 3. The number of carbonyl (C=O) groups excluding carboxylic acids is 1. The zero-order chi connectivity index (χ0) is 12.4. The summed E-state index contributed by atoms with van der Waals surface area (Å²) in [5, 5.41) is 2.85. The molecule has 1 aliphatic carbocycles. The average molecular weight is 259 g/mol. The van der Waals surface area contributed by atoms with Crippen LogP contribution in [0.4, 0.5) is 0 Å². The maximum Gasteiger partial charge on any atom is 0.261 e. The molecule has 0 radical (unpaired) electrons. The summed E-state index contributed by atoms with van der Waals surface area (Å²) in [6, 6.07) is 3.78. The molecule has 2 heterocycles. The van der Waals surface area contributed by atoms with Crippen molar-refractivity contribution in [1.82, 2.24) is 15.3 Å². The first kappa shape index (κ1) is 11.3. The lowest BCUT2D eigenvalue weighted by Gasteiger charge is -2.01. The highest BCUT2D eigenvalue weighted by Gasteiger charge is 2.18. The van der Waals surface area contributed by atoms with E-state index in [0.717, 1.165) is 17.7 Å². The lowest BCUT2D eigenvalue weighted by Crippen LogP contribution is -2.22. The molecular weight excluding hydrogens is 246 g/mol. The van der Waals surface area contributed by atoms with Crippen LogP contribution in [0.5, 0.6) is 0 Å². The first-order chi connectivity index (χ1) is 8.83. The van der Waals surface area contributed by atoms with Crippen molar-refractivity contribution in [2.45, 2.75) is 25.8 Å². The van der Waals surface area contributed by atoms with Crippen molar-refractivity contribution in [3.8, 4) is 0 Å². The van der Waals surface area contributed by atoms with Crippen LogP contribution in [-0.4, -0.2) is 15.9 Å². The predicted octanol–water partition coefficient (Wildman–Crippen LogP) is 1.96.